The highest BCUT2D eigenvalue weighted by Crippen LogP contribution is 2.34. The van der Waals surface area contributed by atoms with Gasteiger partial charge in [0.05, 0.1) is 7.11 Å². The Labute approximate surface area is 123 Å². The van der Waals surface area contributed by atoms with Gasteiger partial charge in [-0.25, -0.2) is 4.98 Å². The van der Waals surface area contributed by atoms with E-state index in [1.165, 1.54) is 0 Å². The number of para-hydroxylation sites is 2. The van der Waals surface area contributed by atoms with Crippen molar-refractivity contribution < 1.29 is 14.3 Å². The minimum Gasteiger partial charge on any atom is -0.497 e. The van der Waals surface area contributed by atoms with Gasteiger partial charge >= 0.3 is 0 Å². The first kappa shape index (κ1) is 13.6. The molecular formula is C17H17NO3. The highest BCUT2D eigenvalue weighted by molar-refractivity contribution is 5.72. The van der Waals surface area contributed by atoms with Crippen LogP contribution in [-0.4, -0.2) is 17.2 Å². The number of hydrogen-bond donors (Lipinski definition) is 1. The Balaban J connectivity index is 2.09. The zero-order valence-electron chi connectivity index (χ0n) is 12.0. The number of aromatic nitrogens is 1. The molecule has 0 radical (unpaired) electrons. The van der Waals surface area contributed by atoms with E-state index in [1.54, 1.807) is 7.11 Å². The molecule has 0 spiro atoms. The van der Waals surface area contributed by atoms with E-state index in [0.717, 1.165) is 16.8 Å². The van der Waals surface area contributed by atoms with Crippen molar-refractivity contribution in [2.24, 2.45) is 0 Å². The van der Waals surface area contributed by atoms with Crippen molar-refractivity contribution >= 4 is 11.1 Å². The van der Waals surface area contributed by atoms with Crippen LogP contribution in [0.2, 0.25) is 0 Å². The second-order valence-corrected chi connectivity index (χ2v) is 4.93. The molecule has 3 aromatic rings. The summed E-state index contributed by atoms with van der Waals surface area (Å²) in [5.41, 5.74) is 0.906. The minimum absolute atomic E-state index is 0.316. The number of benzene rings is 2. The van der Waals surface area contributed by atoms with Gasteiger partial charge < -0.3 is 14.3 Å². The van der Waals surface area contributed by atoms with Crippen molar-refractivity contribution in [2.45, 2.75) is 18.9 Å². The van der Waals surface area contributed by atoms with Gasteiger partial charge in [0, 0.05) is 0 Å². The Morgan fingerprint density at radius 1 is 1.14 bits per heavy atom. The molecule has 0 aliphatic heterocycles. The van der Waals surface area contributed by atoms with Crippen LogP contribution in [0.5, 0.6) is 5.75 Å². The summed E-state index contributed by atoms with van der Waals surface area (Å²) in [5, 5.41) is 11.0. The van der Waals surface area contributed by atoms with E-state index in [-0.39, 0.29) is 0 Å². The molecule has 0 saturated carbocycles. The average Bonchev–Trinajstić information content (AvgIpc) is 2.98. The lowest BCUT2D eigenvalue weighted by molar-refractivity contribution is 0.0487. The lowest BCUT2D eigenvalue weighted by Crippen LogP contribution is -2.26. The number of hydrogen-bond acceptors (Lipinski definition) is 4. The van der Waals surface area contributed by atoms with Crippen LogP contribution >= 0.6 is 0 Å². The molecular weight excluding hydrogens is 266 g/mol. The van der Waals surface area contributed by atoms with Gasteiger partial charge in [-0.3, -0.25) is 0 Å². The lowest BCUT2D eigenvalue weighted by atomic mass is 9.91. The van der Waals surface area contributed by atoms with Crippen LogP contribution in [0.3, 0.4) is 0 Å². The van der Waals surface area contributed by atoms with Crippen LogP contribution in [0.1, 0.15) is 24.8 Å². The summed E-state index contributed by atoms with van der Waals surface area (Å²) in [6.07, 6.45) is 0.464. The maximum absolute atomic E-state index is 11.0. The molecule has 0 bridgehead atoms. The first-order valence-electron chi connectivity index (χ1n) is 6.90. The van der Waals surface area contributed by atoms with E-state index in [1.807, 2.05) is 55.5 Å². The zero-order valence-corrected chi connectivity index (χ0v) is 12.0. The molecule has 4 nitrogen and oxygen atoms in total. The third-order valence-electron chi connectivity index (χ3n) is 3.73. The second-order valence-electron chi connectivity index (χ2n) is 4.93. The van der Waals surface area contributed by atoms with Crippen LogP contribution in [0, 0.1) is 0 Å². The molecule has 0 amide bonds. The topological polar surface area (TPSA) is 55.5 Å². The van der Waals surface area contributed by atoms with Crippen molar-refractivity contribution in [3.63, 3.8) is 0 Å². The Bertz CT molecular complexity index is 715. The van der Waals surface area contributed by atoms with Crippen LogP contribution in [0.15, 0.2) is 52.9 Å². The summed E-state index contributed by atoms with van der Waals surface area (Å²) >= 11 is 0. The summed E-state index contributed by atoms with van der Waals surface area (Å²) in [4.78, 5) is 4.43. The molecule has 0 fully saturated rings. The quantitative estimate of drug-likeness (QED) is 0.796. The monoisotopic (exact) mass is 283 g/mol. The number of ether oxygens (including phenoxy) is 1. The maximum Gasteiger partial charge on any atom is 0.232 e. The van der Waals surface area contributed by atoms with Gasteiger partial charge in [-0.05, 0) is 36.2 Å². The van der Waals surface area contributed by atoms with E-state index >= 15 is 0 Å². The van der Waals surface area contributed by atoms with Crippen LogP contribution < -0.4 is 4.74 Å². The van der Waals surface area contributed by atoms with Gasteiger partial charge in [0.15, 0.2) is 11.2 Å². The number of methoxy groups -OCH3 is 1. The highest BCUT2D eigenvalue weighted by atomic mass is 16.5. The molecule has 4 heteroatoms. The van der Waals surface area contributed by atoms with E-state index in [2.05, 4.69) is 4.98 Å². The molecule has 1 atom stereocenters. The van der Waals surface area contributed by atoms with Crippen LogP contribution in [-0.2, 0) is 5.60 Å². The van der Waals surface area contributed by atoms with E-state index in [9.17, 15) is 5.11 Å². The molecule has 0 unspecified atom stereocenters. The van der Waals surface area contributed by atoms with Crippen LogP contribution in [0.25, 0.3) is 11.1 Å². The standard InChI is InChI=1S/C17H17NO3/c1-3-17(19,12-8-10-13(20-2)11-9-12)16-18-14-6-4-5-7-15(14)21-16/h4-11,19H,3H2,1-2H3/t17-/m1/s1. The Morgan fingerprint density at radius 2 is 1.86 bits per heavy atom. The Hall–Kier alpha value is -2.33. The number of oxazole rings is 1. The van der Waals surface area contributed by atoms with E-state index < -0.39 is 5.60 Å². The van der Waals surface area contributed by atoms with Crippen LogP contribution in [0.4, 0.5) is 0 Å². The fourth-order valence-corrected chi connectivity index (χ4v) is 2.39. The summed E-state index contributed by atoms with van der Waals surface area (Å²) in [6, 6.07) is 14.8. The van der Waals surface area contributed by atoms with Gasteiger partial charge in [0.1, 0.15) is 11.3 Å². The first-order valence-corrected chi connectivity index (χ1v) is 6.90. The van der Waals surface area contributed by atoms with Gasteiger partial charge in [-0.2, -0.15) is 0 Å². The molecule has 1 aromatic heterocycles. The Kier molecular flexibility index (Phi) is 3.39. The van der Waals surface area contributed by atoms with Crippen molar-refractivity contribution in [1.29, 1.82) is 0 Å². The molecule has 108 valence electrons. The molecule has 0 aliphatic rings. The zero-order chi connectivity index (χ0) is 14.9. The summed E-state index contributed by atoms with van der Waals surface area (Å²) in [6.45, 7) is 1.90. The normalized spacial score (nSPS) is 14.0. The predicted molar refractivity (Wildman–Crippen MR) is 80.3 cm³/mol. The Morgan fingerprint density at radius 3 is 2.48 bits per heavy atom. The molecule has 1 heterocycles. The number of nitrogens with zero attached hydrogens (tertiary/aromatic N) is 1. The van der Waals surface area contributed by atoms with Gasteiger partial charge in [-0.15, -0.1) is 0 Å². The molecule has 3 rings (SSSR count). The van der Waals surface area contributed by atoms with Gasteiger partial charge in [0.25, 0.3) is 0 Å². The largest absolute Gasteiger partial charge is 0.497 e. The smallest absolute Gasteiger partial charge is 0.232 e. The SMILES string of the molecule is CC[C@@](O)(c1ccc(OC)cc1)c1nc2ccccc2o1. The van der Waals surface area contributed by atoms with Gasteiger partial charge in [0.2, 0.25) is 5.89 Å². The van der Waals surface area contributed by atoms with Gasteiger partial charge in [-0.1, -0.05) is 31.2 Å². The summed E-state index contributed by atoms with van der Waals surface area (Å²) in [7, 11) is 1.61. The van der Waals surface area contributed by atoms with Crippen molar-refractivity contribution in [2.75, 3.05) is 7.11 Å². The predicted octanol–water partition coefficient (Wildman–Crippen LogP) is 3.48. The third kappa shape index (κ3) is 2.28. The molecule has 1 N–H and O–H groups in total. The fourth-order valence-electron chi connectivity index (χ4n) is 2.39. The first-order chi connectivity index (χ1) is 10.2. The molecule has 0 saturated heterocycles. The number of rotatable bonds is 4. The van der Waals surface area contributed by atoms with E-state index in [0.29, 0.717) is 17.9 Å². The average molecular weight is 283 g/mol. The third-order valence-corrected chi connectivity index (χ3v) is 3.73. The van der Waals surface area contributed by atoms with Crippen molar-refractivity contribution in [3.8, 4) is 5.75 Å². The summed E-state index contributed by atoms with van der Waals surface area (Å²) in [5.74, 6) is 1.06. The minimum atomic E-state index is -1.24. The van der Waals surface area contributed by atoms with Crippen molar-refractivity contribution in [3.05, 3.63) is 60.0 Å². The summed E-state index contributed by atoms with van der Waals surface area (Å²) < 4.78 is 10.9. The van der Waals surface area contributed by atoms with E-state index in [4.69, 9.17) is 9.15 Å². The number of aliphatic hydroxyl groups is 1. The molecule has 2 aromatic carbocycles. The van der Waals surface area contributed by atoms with Crippen molar-refractivity contribution in [1.82, 2.24) is 4.98 Å². The molecule has 0 aliphatic carbocycles. The lowest BCUT2D eigenvalue weighted by Gasteiger charge is -2.23. The second kappa shape index (κ2) is 5.22. The fraction of sp³-hybridized carbons (Fsp3) is 0.235. The molecule has 21 heavy (non-hydrogen) atoms. The highest BCUT2D eigenvalue weighted by Gasteiger charge is 2.35. The number of fused-ring (bicyclic) bond motifs is 1. The maximum atomic E-state index is 11.0.